The molecule has 0 aromatic carbocycles. The topological polar surface area (TPSA) is 63.4 Å². The molecule has 0 bridgehead atoms. The summed E-state index contributed by atoms with van der Waals surface area (Å²) >= 11 is 5.28. The Hall–Kier alpha value is -0.770. The number of likely N-dealkylation sites (tertiary alicyclic amines) is 1. The Morgan fingerprint density at radius 1 is 1.55 bits per heavy atom. The maximum Gasteiger partial charge on any atom is 0.237 e. The molecule has 62 valence electrons. The van der Waals surface area contributed by atoms with E-state index in [1.54, 1.807) is 0 Å². The van der Waals surface area contributed by atoms with Crippen LogP contribution < -0.4 is 5.73 Å². The summed E-state index contributed by atoms with van der Waals surface area (Å²) < 4.78 is 0. The quantitative estimate of drug-likeness (QED) is 0.559. The molecule has 0 aromatic rings. The average molecular weight is 177 g/mol. The van der Waals surface area contributed by atoms with Crippen LogP contribution in [0.3, 0.4) is 0 Å². The molecule has 0 saturated carbocycles. The number of carbonyl (C=O) groups excluding carboxylic acids is 2. The highest BCUT2D eigenvalue weighted by molar-refractivity contribution is 6.27. The van der Waals surface area contributed by atoms with Crippen LogP contribution in [0, 0.1) is 5.92 Å². The second-order valence-electron chi connectivity index (χ2n) is 2.53. The van der Waals surface area contributed by atoms with Gasteiger partial charge in [0.2, 0.25) is 11.8 Å². The van der Waals surface area contributed by atoms with Crippen molar-refractivity contribution in [2.75, 3.05) is 19.0 Å². The van der Waals surface area contributed by atoms with Crippen LogP contribution in [0.25, 0.3) is 0 Å². The van der Waals surface area contributed by atoms with E-state index in [0.29, 0.717) is 13.1 Å². The predicted octanol–water partition coefficient (Wildman–Crippen LogP) is -0.831. The Labute approximate surface area is 69.3 Å². The van der Waals surface area contributed by atoms with Crippen LogP contribution in [0.4, 0.5) is 0 Å². The van der Waals surface area contributed by atoms with E-state index in [1.165, 1.54) is 4.90 Å². The van der Waals surface area contributed by atoms with Crippen LogP contribution >= 0.6 is 11.6 Å². The van der Waals surface area contributed by atoms with Crippen molar-refractivity contribution >= 4 is 23.4 Å². The molecule has 5 heteroatoms. The lowest BCUT2D eigenvalue weighted by molar-refractivity contribution is -0.139. The first kappa shape index (κ1) is 8.33. The van der Waals surface area contributed by atoms with Crippen molar-refractivity contribution in [1.29, 1.82) is 0 Å². The lowest BCUT2D eigenvalue weighted by atomic mass is 10.00. The van der Waals surface area contributed by atoms with Crippen LogP contribution in [-0.2, 0) is 9.59 Å². The van der Waals surface area contributed by atoms with Gasteiger partial charge in [-0.25, -0.2) is 0 Å². The molecule has 4 nitrogen and oxygen atoms in total. The lowest BCUT2D eigenvalue weighted by Crippen LogP contribution is -2.55. The van der Waals surface area contributed by atoms with E-state index < -0.39 is 0 Å². The molecule has 1 saturated heterocycles. The largest absolute Gasteiger partial charge is 0.369 e. The molecule has 0 unspecified atom stereocenters. The Morgan fingerprint density at radius 2 is 2.09 bits per heavy atom. The van der Waals surface area contributed by atoms with E-state index in [1.807, 2.05) is 0 Å². The zero-order valence-electron chi connectivity index (χ0n) is 5.92. The third-order valence-corrected chi connectivity index (χ3v) is 1.98. The molecule has 1 fully saturated rings. The maximum atomic E-state index is 10.8. The number of halogens is 1. The Morgan fingerprint density at radius 3 is 2.45 bits per heavy atom. The fourth-order valence-electron chi connectivity index (χ4n) is 0.947. The van der Waals surface area contributed by atoms with Crippen molar-refractivity contribution in [3.8, 4) is 0 Å². The lowest BCUT2D eigenvalue weighted by Gasteiger charge is -2.36. The molecule has 0 aromatic heterocycles. The number of carbonyl (C=O) groups is 2. The normalized spacial score (nSPS) is 17.7. The highest BCUT2D eigenvalue weighted by Gasteiger charge is 2.33. The summed E-state index contributed by atoms with van der Waals surface area (Å²) in [6, 6.07) is 0. The van der Waals surface area contributed by atoms with E-state index in [9.17, 15) is 9.59 Å². The number of amides is 2. The van der Waals surface area contributed by atoms with Gasteiger partial charge in [-0.1, -0.05) is 0 Å². The van der Waals surface area contributed by atoms with Crippen LogP contribution in [-0.4, -0.2) is 35.7 Å². The Balaban J connectivity index is 2.29. The minimum Gasteiger partial charge on any atom is -0.369 e. The number of nitrogens with zero attached hydrogens (tertiary/aromatic N) is 1. The van der Waals surface area contributed by atoms with E-state index in [-0.39, 0.29) is 23.6 Å². The molecule has 0 aliphatic carbocycles. The van der Waals surface area contributed by atoms with E-state index in [2.05, 4.69) is 0 Å². The highest BCUT2D eigenvalue weighted by atomic mass is 35.5. The number of hydrogen-bond donors (Lipinski definition) is 1. The minimum atomic E-state index is -0.344. The molecule has 0 spiro atoms. The van der Waals surface area contributed by atoms with Crippen LogP contribution in [0.5, 0.6) is 0 Å². The third-order valence-electron chi connectivity index (χ3n) is 1.75. The van der Waals surface area contributed by atoms with Crippen LogP contribution in [0.2, 0.25) is 0 Å². The van der Waals surface area contributed by atoms with Gasteiger partial charge in [0.15, 0.2) is 0 Å². The fraction of sp³-hybridized carbons (Fsp3) is 0.667. The summed E-state index contributed by atoms with van der Waals surface area (Å²) in [5.74, 6) is -0.666. The van der Waals surface area contributed by atoms with Gasteiger partial charge in [-0.3, -0.25) is 9.59 Å². The van der Waals surface area contributed by atoms with Crippen molar-refractivity contribution in [3.63, 3.8) is 0 Å². The number of nitrogens with two attached hydrogens (primary N) is 1. The average Bonchev–Trinajstić information content (AvgIpc) is 1.83. The molecule has 11 heavy (non-hydrogen) atoms. The summed E-state index contributed by atoms with van der Waals surface area (Å²) in [5.41, 5.74) is 4.99. The van der Waals surface area contributed by atoms with Gasteiger partial charge in [0.25, 0.3) is 0 Å². The van der Waals surface area contributed by atoms with Crippen molar-refractivity contribution in [2.24, 2.45) is 11.7 Å². The van der Waals surface area contributed by atoms with Gasteiger partial charge in [0, 0.05) is 13.1 Å². The summed E-state index contributed by atoms with van der Waals surface area (Å²) in [4.78, 5) is 22.8. The van der Waals surface area contributed by atoms with Crippen LogP contribution in [0.1, 0.15) is 0 Å². The van der Waals surface area contributed by atoms with Gasteiger partial charge >= 0.3 is 0 Å². The summed E-state index contributed by atoms with van der Waals surface area (Å²) in [6.45, 7) is 0.863. The number of rotatable bonds is 2. The summed E-state index contributed by atoms with van der Waals surface area (Å²) in [6.07, 6.45) is 0. The molecule has 1 aliphatic rings. The second kappa shape index (κ2) is 3.09. The number of primary amides is 1. The highest BCUT2D eigenvalue weighted by Crippen LogP contribution is 2.14. The van der Waals surface area contributed by atoms with E-state index >= 15 is 0 Å². The first-order valence-electron chi connectivity index (χ1n) is 3.28. The molecule has 2 N–H and O–H groups in total. The third kappa shape index (κ3) is 1.63. The Bertz CT molecular complexity index is 189. The fourth-order valence-corrected chi connectivity index (χ4v) is 1.12. The maximum absolute atomic E-state index is 10.8. The van der Waals surface area contributed by atoms with Gasteiger partial charge in [0.05, 0.1) is 5.92 Å². The first-order valence-corrected chi connectivity index (χ1v) is 3.81. The Kier molecular flexibility index (Phi) is 2.34. The van der Waals surface area contributed by atoms with Crippen molar-refractivity contribution in [1.82, 2.24) is 4.90 Å². The number of hydrogen-bond acceptors (Lipinski definition) is 2. The smallest absolute Gasteiger partial charge is 0.237 e. The monoisotopic (exact) mass is 176 g/mol. The van der Waals surface area contributed by atoms with E-state index in [4.69, 9.17) is 17.3 Å². The zero-order chi connectivity index (χ0) is 8.43. The van der Waals surface area contributed by atoms with Gasteiger partial charge < -0.3 is 10.6 Å². The predicted molar refractivity (Wildman–Crippen MR) is 40.0 cm³/mol. The van der Waals surface area contributed by atoms with Gasteiger partial charge in [-0.2, -0.15) is 0 Å². The number of alkyl halides is 1. The minimum absolute atomic E-state index is 0.0223. The van der Waals surface area contributed by atoms with Crippen molar-refractivity contribution in [3.05, 3.63) is 0 Å². The van der Waals surface area contributed by atoms with Crippen molar-refractivity contribution in [2.45, 2.75) is 0 Å². The molecule has 1 rings (SSSR count). The van der Waals surface area contributed by atoms with E-state index in [0.717, 1.165) is 0 Å². The summed E-state index contributed by atoms with van der Waals surface area (Å²) in [5, 5.41) is 0. The standard InChI is InChI=1S/C6H9ClN2O2/c7-1-5(10)9-2-4(3-9)6(8)11/h4H,1-3H2,(H2,8,11). The molecule has 0 radical (unpaired) electrons. The second-order valence-corrected chi connectivity index (χ2v) is 2.80. The molecule has 1 heterocycles. The molecule has 2 amide bonds. The molecule has 0 atom stereocenters. The van der Waals surface area contributed by atoms with Gasteiger partial charge in [0.1, 0.15) is 5.88 Å². The van der Waals surface area contributed by atoms with Gasteiger partial charge in [-0.05, 0) is 0 Å². The summed E-state index contributed by atoms with van der Waals surface area (Å²) in [7, 11) is 0. The van der Waals surface area contributed by atoms with Crippen LogP contribution in [0.15, 0.2) is 0 Å². The SMILES string of the molecule is NC(=O)C1CN(C(=O)CCl)C1. The zero-order valence-corrected chi connectivity index (χ0v) is 6.67. The molecular weight excluding hydrogens is 168 g/mol. The first-order chi connectivity index (χ1) is 5.15. The molecular formula is C6H9ClN2O2. The van der Waals surface area contributed by atoms with Gasteiger partial charge in [-0.15, -0.1) is 11.6 Å². The molecule has 1 aliphatic heterocycles. The van der Waals surface area contributed by atoms with Crippen molar-refractivity contribution < 1.29 is 9.59 Å².